The van der Waals surface area contributed by atoms with E-state index in [1.165, 1.54) is 8.55 Å². The zero-order valence-electron chi connectivity index (χ0n) is 4.45. The van der Waals surface area contributed by atoms with Gasteiger partial charge in [0.2, 0.25) is 0 Å². The minimum atomic E-state index is 0.214. The third-order valence-electron chi connectivity index (χ3n) is 0.368. The Morgan fingerprint density at radius 2 is 1.44 bits per heavy atom. The summed E-state index contributed by atoms with van der Waals surface area (Å²) in [5.41, 5.74) is 0. The molecule has 0 aromatic rings. The van der Waals surface area contributed by atoms with Crippen LogP contribution in [0.5, 0.6) is 0 Å². The minimum absolute atomic E-state index is 0.214. The Kier molecular flexibility index (Phi) is 11.5. The predicted molar refractivity (Wildman–Crippen MR) is 48.3 cm³/mol. The second kappa shape index (κ2) is 9.70. The summed E-state index contributed by atoms with van der Waals surface area (Å²) in [4.78, 5) is 8.47. The van der Waals surface area contributed by atoms with Crippen LogP contribution >= 0.6 is 0 Å². The van der Waals surface area contributed by atoms with Gasteiger partial charge in [-0.1, -0.05) is 0 Å². The maximum absolute atomic E-state index is 8.47. The van der Waals surface area contributed by atoms with Crippen LogP contribution in [0.3, 0.4) is 0 Å². The summed E-state index contributed by atoms with van der Waals surface area (Å²) in [5.74, 6) is 0. The molecule has 9 heavy (non-hydrogen) atoms. The zero-order valence-corrected chi connectivity index (χ0v) is 12.4. The quantitative estimate of drug-likeness (QED) is 0.376. The maximum Gasteiger partial charge on any atom is 0.196 e. The number of rotatable bonds is 6. The molecule has 0 atom stereocenters. The van der Waals surface area contributed by atoms with Crippen molar-refractivity contribution in [2.24, 2.45) is 0 Å². The second-order valence-corrected chi connectivity index (χ2v) is 21.3. The highest BCUT2D eigenvalue weighted by Crippen LogP contribution is 1.53. The fraction of sp³-hybridized carbons (Fsp3) is 0. The first-order valence-corrected chi connectivity index (χ1v) is 16.4. The van der Waals surface area contributed by atoms with Crippen LogP contribution in [0.2, 0.25) is 0 Å². The van der Waals surface area contributed by atoms with Gasteiger partial charge in [-0.15, -0.1) is 0 Å². The van der Waals surface area contributed by atoms with Crippen molar-refractivity contribution in [1.82, 2.24) is 0 Å². The first-order valence-electron chi connectivity index (χ1n) is 1.97. The van der Waals surface area contributed by atoms with Gasteiger partial charge in [0, 0.05) is 61.1 Å². The number of hydrogen-bond donors (Lipinski definition) is 1. The molecule has 0 aliphatic heterocycles. The van der Waals surface area contributed by atoms with Gasteiger partial charge in [0.1, 0.15) is 0 Å². The van der Waals surface area contributed by atoms with Crippen LogP contribution in [0.15, 0.2) is 0 Å². The van der Waals surface area contributed by atoms with Crippen LogP contribution in [-0.2, 0) is 0 Å². The molecule has 39 valence electrons. The molecule has 0 spiro atoms. The van der Waals surface area contributed by atoms with Crippen LogP contribution in [0.25, 0.3) is 0 Å². The molecular weight excluding hydrogens is 241 g/mol. The molecule has 0 aromatic heterocycles. The first kappa shape index (κ1) is 10.7. The van der Waals surface area contributed by atoms with Crippen LogP contribution < -0.4 is 0 Å². The molecule has 0 heterocycles. The summed E-state index contributed by atoms with van der Waals surface area (Å²) in [7, 11) is 10.0. The molecule has 0 saturated heterocycles. The molecule has 1 nitrogen and oxygen atoms in total. The van der Waals surface area contributed by atoms with E-state index in [4.69, 9.17) is 4.80 Å². The summed E-state index contributed by atoms with van der Waals surface area (Å²) < 4.78 is 0. The summed E-state index contributed by atoms with van der Waals surface area (Å²) in [6, 6.07) is 0. The Balaban J connectivity index is 2.60. The van der Waals surface area contributed by atoms with E-state index in [2.05, 4.69) is 9.76 Å². The predicted octanol–water partition coefficient (Wildman–Crippen LogP) is -3.60. The van der Waals surface area contributed by atoms with E-state index >= 15 is 0 Å². The molecule has 0 aliphatic rings. The van der Waals surface area contributed by atoms with E-state index in [0.717, 1.165) is 42.8 Å². The van der Waals surface area contributed by atoms with E-state index in [9.17, 15) is 0 Å². The van der Waals surface area contributed by atoms with Crippen molar-refractivity contribution in [3.63, 3.8) is 0 Å². The van der Waals surface area contributed by atoms with Gasteiger partial charge < -0.3 is 4.80 Å². The van der Waals surface area contributed by atoms with Gasteiger partial charge in [-0.25, -0.2) is 0 Å². The van der Waals surface area contributed by atoms with Crippen molar-refractivity contribution < 1.29 is 4.80 Å². The van der Waals surface area contributed by atoms with Crippen LogP contribution in [0.1, 0.15) is 0 Å². The molecule has 0 aromatic carbocycles. The van der Waals surface area contributed by atoms with Crippen molar-refractivity contribution >= 4 is 70.4 Å². The molecule has 0 aliphatic carbocycles. The van der Waals surface area contributed by atoms with Gasteiger partial charge in [0.25, 0.3) is 0 Å². The molecule has 1 N–H and O–H groups in total. The minimum Gasteiger partial charge on any atom is -0.436 e. The Labute approximate surface area is 75.0 Å². The second-order valence-electron chi connectivity index (χ2n) is 0.862. The smallest absolute Gasteiger partial charge is 0.196 e. The topological polar surface area (TPSA) is 20.2 Å². The molecule has 0 saturated carbocycles. The molecule has 0 unspecified atom stereocenters. The average Bonchev–Trinajstić information content (AvgIpc) is 1.89. The van der Waals surface area contributed by atoms with Gasteiger partial charge >= 0.3 is 0 Å². The van der Waals surface area contributed by atoms with Gasteiger partial charge in [-0.3, -0.25) is 0 Å². The lowest BCUT2D eigenvalue weighted by atomic mass is 15.9. The van der Waals surface area contributed by atoms with E-state index in [-0.39, 0.29) is 9.28 Å². The van der Waals surface area contributed by atoms with Crippen molar-refractivity contribution in [1.29, 1.82) is 0 Å². The third-order valence-corrected chi connectivity index (χ3v) is 26.8. The van der Waals surface area contributed by atoms with Crippen molar-refractivity contribution in [3.05, 3.63) is 0 Å². The number of hydrogen-bond acceptors (Lipinski definition) is 1. The summed E-state index contributed by atoms with van der Waals surface area (Å²) in [6.07, 6.45) is 0. The highest BCUT2D eigenvalue weighted by molar-refractivity contribution is 7.64. The van der Waals surface area contributed by atoms with E-state index in [1.807, 2.05) is 0 Å². The monoisotopic (exact) mass is 241 g/mol. The maximum atomic E-state index is 8.47. The van der Waals surface area contributed by atoms with Gasteiger partial charge in [-0.2, -0.15) is 0 Å². The fourth-order valence-electron chi connectivity index (χ4n) is 0.153. The highest BCUT2D eigenvalue weighted by Gasteiger charge is 1.92. The normalized spacial score (nSPS) is 10.0. The van der Waals surface area contributed by atoms with Crippen molar-refractivity contribution in [2.75, 3.05) is 0 Å². The molecule has 0 bridgehead atoms. The van der Waals surface area contributed by atoms with Gasteiger partial charge in [0.05, 0.1) is 0 Å². The standard InChI is InChI=1S/HOSi8/c1-3-5-7-9-8-6-4-2/h1H. The summed E-state index contributed by atoms with van der Waals surface area (Å²) in [5, 5.41) is 0. The Hall–Kier alpha value is 1.70. The van der Waals surface area contributed by atoms with E-state index < -0.39 is 0 Å². The molecule has 17 radical (unpaired) electrons. The lowest BCUT2D eigenvalue weighted by Gasteiger charge is -1.89. The average molecular weight is 242 g/mol. The SMILES string of the molecule is O[Si][Si][Si][Si][Si][Si][Si][Si]. The van der Waals surface area contributed by atoms with Crippen molar-refractivity contribution in [3.8, 4) is 0 Å². The summed E-state index contributed by atoms with van der Waals surface area (Å²) in [6.45, 7) is 0. The van der Waals surface area contributed by atoms with Crippen molar-refractivity contribution in [2.45, 2.75) is 0 Å². The van der Waals surface area contributed by atoms with Crippen LogP contribution in [0.4, 0.5) is 0 Å². The molecule has 0 fully saturated rings. The molecular formula is HOSi8. The largest absolute Gasteiger partial charge is 0.436 e. The lowest BCUT2D eigenvalue weighted by molar-refractivity contribution is 0.621. The van der Waals surface area contributed by atoms with Crippen LogP contribution in [-0.4, -0.2) is 75.2 Å². The van der Waals surface area contributed by atoms with Gasteiger partial charge in [-0.05, 0) is 0 Å². The zero-order chi connectivity index (χ0) is 6.95. The highest BCUT2D eigenvalue weighted by atomic mass is 30.0. The van der Waals surface area contributed by atoms with Gasteiger partial charge in [0.15, 0.2) is 9.28 Å². The summed E-state index contributed by atoms with van der Waals surface area (Å²) >= 11 is 0. The fourth-order valence-corrected chi connectivity index (χ4v) is 32.6. The Morgan fingerprint density at radius 3 is 2.00 bits per heavy atom. The third kappa shape index (κ3) is 9.70. The first-order chi connectivity index (χ1) is 4.41. The molecule has 9 heteroatoms. The Bertz CT molecular complexity index is 37.8. The molecule has 0 amide bonds. The van der Waals surface area contributed by atoms with E-state index in [0.29, 0.717) is 0 Å². The lowest BCUT2D eigenvalue weighted by Crippen LogP contribution is -2.28. The van der Waals surface area contributed by atoms with E-state index in [1.54, 1.807) is 0 Å². The molecule has 0 rings (SSSR count). The van der Waals surface area contributed by atoms with Crippen LogP contribution in [0, 0.1) is 0 Å². The Morgan fingerprint density at radius 1 is 0.889 bits per heavy atom.